The summed E-state index contributed by atoms with van der Waals surface area (Å²) in [7, 11) is 4.72. The molecule has 0 aliphatic rings. The first-order valence-corrected chi connectivity index (χ1v) is 9.08. The third-order valence-corrected chi connectivity index (χ3v) is 5.51. The molecule has 8 heteroatoms. The lowest BCUT2D eigenvalue weighted by molar-refractivity contribution is 0.0959. The molecule has 27 heavy (non-hydrogen) atoms. The van der Waals surface area contributed by atoms with Crippen molar-refractivity contribution in [1.29, 1.82) is 0 Å². The van der Waals surface area contributed by atoms with Gasteiger partial charge in [-0.15, -0.1) is 11.3 Å². The summed E-state index contributed by atoms with van der Waals surface area (Å²) >= 11 is 7.63. The SMILES string of the molecule is COc1ccc(OC)c(/C=N\NC(=O)c2sc3cc(OC)ccc3c2Cl)c1. The van der Waals surface area contributed by atoms with Crippen molar-refractivity contribution < 1.29 is 19.0 Å². The van der Waals surface area contributed by atoms with E-state index in [1.54, 1.807) is 45.6 Å². The summed E-state index contributed by atoms with van der Waals surface area (Å²) < 4.78 is 16.5. The van der Waals surface area contributed by atoms with Crippen LogP contribution in [0.25, 0.3) is 10.1 Å². The number of carbonyl (C=O) groups excluding carboxylic acids is 1. The molecule has 3 rings (SSSR count). The second-order valence-corrected chi connectivity index (χ2v) is 6.84. The maximum absolute atomic E-state index is 12.5. The Hall–Kier alpha value is -2.77. The number of amides is 1. The van der Waals surface area contributed by atoms with Crippen LogP contribution in [0.15, 0.2) is 41.5 Å². The Bertz CT molecular complexity index is 1020. The van der Waals surface area contributed by atoms with Crippen molar-refractivity contribution in [2.75, 3.05) is 21.3 Å². The van der Waals surface area contributed by atoms with Crippen molar-refractivity contribution in [3.8, 4) is 17.2 Å². The van der Waals surface area contributed by atoms with Crippen LogP contribution in [0, 0.1) is 0 Å². The largest absolute Gasteiger partial charge is 0.497 e. The van der Waals surface area contributed by atoms with E-state index in [1.807, 2.05) is 12.1 Å². The van der Waals surface area contributed by atoms with Gasteiger partial charge in [0.2, 0.25) is 0 Å². The molecule has 0 atom stereocenters. The van der Waals surface area contributed by atoms with Gasteiger partial charge < -0.3 is 14.2 Å². The van der Waals surface area contributed by atoms with Gasteiger partial charge in [-0.3, -0.25) is 4.79 Å². The van der Waals surface area contributed by atoms with Crippen molar-refractivity contribution in [2.45, 2.75) is 0 Å². The molecular formula is C19H17ClN2O4S. The number of benzene rings is 2. The zero-order chi connectivity index (χ0) is 19.4. The number of rotatable bonds is 6. The van der Waals surface area contributed by atoms with Crippen molar-refractivity contribution in [3.05, 3.63) is 51.9 Å². The van der Waals surface area contributed by atoms with E-state index in [2.05, 4.69) is 10.5 Å². The van der Waals surface area contributed by atoms with Crippen molar-refractivity contribution in [2.24, 2.45) is 5.10 Å². The predicted octanol–water partition coefficient (Wildman–Crippen LogP) is 4.34. The fraction of sp³-hybridized carbons (Fsp3) is 0.158. The number of ether oxygens (including phenoxy) is 3. The molecule has 0 spiro atoms. The predicted molar refractivity (Wildman–Crippen MR) is 108 cm³/mol. The Labute approximate surface area is 165 Å². The third kappa shape index (κ3) is 3.99. The van der Waals surface area contributed by atoms with Crippen LogP contribution in [-0.2, 0) is 0 Å². The van der Waals surface area contributed by atoms with E-state index in [1.165, 1.54) is 17.6 Å². The molecule has 2 aromatic carbocycles. The molecule has 3 aromatic rings. The minimum Gasteiger partial charge on any atom is -0.497 e. The van der Waals surface area contributed by atoms with Gasteiger partial charge in [0.1, 0.15) is 22.1 Å². The van der Waals surface area contributed by atoms with Crippen LogP contribution in [-0.4, -0.2) is 33.5 Å². The summed E-state index contributed by atoms with van der Waals surface area (Å²) in [6, 6.07) is 10.8. The standard InChI is InChI=1S/C19H17ClN2O4S/c1-24-12-5-7-15(26-3)11(8-12)10-21-22-19(23)18-17(20)14-6-4-13(25-2)9-16(14)27-18/h4-10H,1-3H3,(H,22,23)/b21-10-. The lowest BCUT2D eigenvalue weighted by Crippen LogP contribution is -2.16. The first-order chi connectivity index (χ1) is 13.1. The molecule has 1 amide bonds. The fourth-order valence-electron chi connectivity index (χ4n) is 2.47. The van der Waals surface area contributed by atoms with Crippen LogP contribution in [0.2, 0.25) is 5.02 Å². The fourth-order valence-corrected chi connectivity index (χ4v) is 3.91. The zero-order valence-corrected chi connectivity index (χ0v) is 16.5. The van der Waals surface area contributed by atoms with E-state index in [9.17, 15) is 4.79 Å². The maximum Gasteiger partial charge on any atom is 0.283 e. The Kier molecular flexibility index (Phi) is 5.83. The van der Waals surface area contributed by atoms with Gasteiger partial charge in [0.25, 0.3) is 5.91 Å². The van der Waals surface area contributed by atoms with Crippen molar-refractivity contribution in [3.63, 3.8) is 0 Å². The highest BCUT2D eigenvalue weighted by atomic mass is 35.5. The number of hydrazone groups is 1. The van der Waals surface area contributed by atoms with Crippen LogP contribution in [0.5, 0.6) is 17.2 Å². The van der Waals surface area contributed by atoms with E-state index >= 15 is 0 Å². The Morgan fingerprint density at radius 2 is 1.78 bits per heavy atom. The number of nitrogens with one attached hydrogen (secondary N) is 1. The van der Waals surface area contributed by atoms with Gasteiger partial charge in [-0.05, 0) is 36.4 Å². The van der Waals surface area contributed by atoms with Crippen LogP contribution >= 0.6 is 22.9 Å². The second-order valence-electron chi connectivity index (χ2n) is 5.41. The van der Waals surface area contributed by atoms with Gasteiger partial charge in [0, 0.05) is 15.6 Å². The van der Waals surface area contributed by atoms with Gasteiger partial charge in [-0.1, -0.05) is 11.6 Å². The van der Waals surface area contributed by atoms with Gasteiger partial charge in [-0.2, -0.15) is 5.10 Å². The zero-order valence-electron chi connectivity index (χ0n) is 14.9. The van der Waals surface area contributed by atoms with E-state index in [0.29, 0.717) is 32.7 Å². The number of thiophene rings is 1. The van der Waals surface area contributed by atoms with Gasteiger partial charge >= 0.3 is 0 Å². The second kappa shape index (κ2) is 8.28. The van der Waals surface area contributed by atoms with E-state index < -0.39 is 5.91 Å². The van der Waals surface area contributed by atoms with Crippen molar-refractivity contribution >= 4 is 45.1 Å². The lowest BCUT2D eigenvalue weighted by atomic mass is 10.2. The van der Waals surface area contributed by atoms with Crippen LogP contribution in [0.3, 0.4) is 0 Å². The lowest BCUT2D eigenvalue weighted by Gasteiger charge is -2.06. The highest BCUT2D eigenvalue weighted by molar-refractivity contribution is 7.21. The van der Waals surface area contributed by atoms with Crippen molar-refractivity contribution in [1.82, 2.24) is 5.43 Å². The molecule has 0 bridgehead atoms. The number of nitrogens with zero attached hydrogens (tertiary/aromatic N) is 1. The molecule has 0 aliphatic carbocycles. The first-order valence-electron chi connectivity index (χ1n) is 7.89. The molecule has 0 radical (unpaired) electrons. The molecular weight excluding hydrogens is 388 g/mol. The summed E-state index contributed by atoms with van der Waals surface area (Å²) in [5, 5.41) is 5.20. The molecule has 0 unspecified atom stereocenters. The maximum atomic E-state index is 12.5. The molecule has 1 N–H and O–H groups in total. The molecule has 1 aromatic heterocycles. The molecule has 0 fully saturated rings. The topological polar surface area (TPSA) is 69.2 Å². The summed E-state index contributed by atoms with van der Waals surface area (Å²) in [5.41, 5.74) is 3.17. The summed E-state index contributed by atoms with van der Waals surface area (Å²) in [6.07, 6.45) is 1.49. The van der Waals surface area contributed by atoms with E-state index in [-0.39, 0.29) is 0 Å². The molecule has 0 aliphatic heterocycles. The monoisotopic (exact) mass is 404 g/mol. The average Bonchev–Trinajstić information content (AvgIpc) is 3.03. The Balaban J connectivity index is 1.81. The summed E-state index contributed by atoms with van der Waals surface area (Å²) in [4.78, 5) is 12.9. The number of hydrogen-bond acceptors (Lipinski definition) is 6. The highest BCUT2D eigenvalue weighted by Crippen LogP contribution is 2.37. The molecule has 0 saturated heterocycles. The van der Waals surface area contributed by atoms with Gasteiger partial charge in [-0.25, -0.2) is 5.43 Å². The third-order valence-electron chi connectivity index (χ3n) is 3.85. The summed E-state index contributed by atoms with van der Waals surface area (Å²) in [6.45, 7) is 0. The van der Waals surface area contributed by atoms with Crippen LogP contribution in [0.1, 0.15) is 15.2 Å². The molecule has 6 nitrogen and oxygen atoms in total. The Morgan fingerprint density at radius 1 is 1.07 bits per heavy atom. The van der Waals surface area contributed by atoms with Gasteiger partial charge in [0.15, 0.2) is 0 Å². The first kappa shape index (κ1) is 19.0. The minimum atomic E-state index is -0.390. The minimum absolute atomic E-state index is 0.384. The summed E-state index contributed by atoms with van der Waals surface area (Å²) in [5.74, 6) is 1.58. The van der Waals surface area contributed by atoms with Crippen LogP contribution in [0.4, 0.5) is 0 Å². The smallest absolute Gasteiger partial charge is 0.283 e. The van der Waals surface area contributed by atoms with Gasteiger partial charge in [0.05, 0.1) is 32.6 Å². The van der Waals surface area contributed by atoms with E-state index in [4.69, 9.17) is 25.8 Å². The highest BCUT2D eigenvalue weighted by Gasteiger charge is 2.17. The van der Waals surface area contributed by atoms with Crippen LogP contribution < -0.4 is 19.6 Å². The number of hydrogen-bond donors (Lipinski definition) is 1. The number of halogens is 1. The van der Waals surface area contributed by atoms with E-state index in [0.717, 1.165) is 10.1 Å². The Morgan fingerprint density at radius 3 is 2.48 bits per heavy atom. The molecule has 0 saturated carbocycles. The average molecular weight is 405 g/mol. The number of carbonyl (C=O) groups is 1. The molecule has 1 heterocycles. The normalized spacial score (nSPS) is 11.0. The quantitative estimate of drug-likeness (QED) is 0.490. The molecule has 140 valence electrons. The number of fused-ring (bicyclic) bond motifs is 1. The number of methoxy groups -OCH3 is 3.